The normalized spacial score (nSPS) is 50.3. The monoisotopic (exact) mass is 326 g/mol. The number of fused-ring (bicyclic) bond motifs is 5. The average molecular weight is 326 g/mol. The highest BCUT2D eigenvalue weighted by molar-refractivity contribution is 5.91. The Bertz CT molecular complexity index is 626. The Hall–Kier alpha value is -1.07. The second-order valence-corrected chi connectivity index (χ2v) is 8.95. The van der Waals surface area contributed by atoms with Gasteiger partial charge in [-0.1, -0.05) is 25.3 Å². The van der Waals surface area contributed by atoms with E-state index in [1.165, 1.54) is 12.0 Å². The molecule has 3 saturated carbocycles. The summed E-state index contributed by atoms with van der Waals surface area (Å²) in [5.74, 6) is 6.23. The van der Waals surface area contributed by atoms with Crippen LogP contribution in [0.15, 0.2) is 11.6 Å². The molecule has 0 unspecified atom stereocenters. The van der Waals surface area contributed by atoms with Gasteiger partial charge in [-0.15, -0.1) is 6.42 Å². The van der Waals surface area contributed by atoms with Gasteiger partial charge in [-0.2, -0.15) is 0 Å². The van der Waals surface area contributed by atoms with Gasteiger partial charge in [0.05, 0.1) is 0 Å². The molecule has 0 spiro atoms. The first-order chi connectivity index (χ1) is 11.5. The number of hydrogen-bond acceptors (Lipinski definition) is 2. The Kier molecular flexibility index (Phi) is 3.73. The van der Waals surface area contributed by atoms with E-state index in [9.17, 15) is 9.90 Å². The van der Waals surface area contributed by atoms with Crippen molar-refractivity contribution in [1.82, 2.24) is 0 Å². The maximum Gasteiger partial charge on any atom is 0.155 e. The molecule has 2 heteroatoms. The zero-order valence-corrected chi connectivity index (χ0v) is 15.1. The van der Waals surface area contributed by atoms with Crippen molar-refractivity contribution in [1.29, 1.82) is 0 Å². The predicted molar refractivity (Wildman–Crippen MR) is 95.0 cm³/mol. The van der Waals surface area contributed by atoms with E-state index in [1.807, 2.05) is 6.08 Å². The highest BCUT2D eigenvalue weighted by atomic mass is 16.3. The number of rotatable bonds is 1. The summed E-state index contributed by atoms with van der Waals surface area (Å²) in [4.78, 5) is 11.8. The van der Waals surface area contributed by atoms with Gasteiger partial charge in [0.1, 0.15) is 5.60 Å². The largest absolute Gasteiger partial charge is 0.377 e. The molecule has 3 fully saturated rings. The minimum absolute atomic E-state index is 0.0892. The fourth-order valence-corrected chi connectivity index (χ4v) is 7.44. The van der Waals surface area contributed by atoms with Crippen LogP contribution in [0.2, 0.25) is 0 Å². The molecule has 0 radical (unpaired) electrons. The molecule has 0 aromatic rings. The van der Waals surface area contributed by atoms with Gasteiger partial charge in [0.2, 0.25) is 0 Å². The van der Waals surface area contributed by atoms with E-state index in [2.05, 4.69) is 19.8 Å². The zero-order valence-electron chi connectivity index (χ0n) is 15.1. The molecule has 0 aromatic carbocycles. The maximum atomic E-state index is 11.8. The van der Waals surface area contributed by atoms with Gasteiger partial charge in [-0.3, -0.25) is 4.79 Å². The van der Waals surface area contributed by atoms with Gasteiger partial charge in [0.25, 0.3) is 0 Å². The summed E-state index contributed by atoms with van der Waals surface area (Å²) in [6.07, 6.45) is 15.7. The maximum absolute atomic E-state index is 11.8. The Morgan fingerprint density at radius 2 is 2.12 bits per heavy atom. The van der Waals surface area contributed by atoms with Gasteiger partial charge in [0, 0.05) is 11.8 Å². The van der Waals surface area contributed by atoms with Crippen molar-refractivity contribution in [3.63, 3.8) is 0 Å². The van der Waals surface area contributed by atoms with Crippen LogP contribution in [0.1, 0.15) is 65.2 Å². The lowest BCUT2D eigenvalue weighted by Crippen LogP contribution is -2.56. The number of ketones is 1. The van der Waals surface area contributed by atoms with Gasteiger partial charge in [-0.25, -0.2) is 0 Å². The van der Waals surface area contributed by atoms with E-state index in [-0.39, 0.29) is 5.41 Å². The minimum atomic E-state index is -0.912. The van der Waals surface area contributed by atoms with Crippen molar-refractivity contribution in [2.45, 2.75) is 70.8 Å². The van der Waals surface area contributed by atoms with Crippen LogP contribution in [0, 0.1) is 47.3 Å². The van der Waals surface area contributed by atoms with Gasteiger partial charge >= 0.3 is 0 Å². The van der Waals surface area contributed by atoms with E-state index in [1.54, 1.807) is 0 Å². The zero-order chi connectivity index (χ0) is 17.1. The van der Waals surface area contributed by atoms with Crippen molar-refractivity contribution < 1.29 is 9.90 Å². The summed E-state index contributed by atoms with van der Waals surface area (Å²) in [6.45, 7) is 4.60. The van der Waals surface area contributed by atoms with Crippen molar-refractivity contribution in [3.05, 3.63) is 11.6 Å². The first kappa shape index (κ1) is 16.4. The minimum Gasteiger partial charge on any atom is -0.377 e. The molecule has 0 amide bonds. The fourth-order valence-electron chi connectivity index (χ4n) is 7.44. The topological polar surface area (TPSA) is 37.3 Å². The number of allylic oxidation sites excluding steroid dienone is 1. The van der Waals surface area contributed by atoms with Crippen LogP contribution in [-0.2, 0) is 4.79 Å². The third-order valence-electron chi connectivity index (χ3n) is 8.33. The lowest BCUT2D eigenvalue weighted by Gasteiger charge is -2.58. The van der Waals surface area contributed by atoms with Crippen LogP contribution < -0.4 is 0 Å². The van der Waals surface area contributed by atoms with Crippen molar-refractivity contribution >= 4 is 5.78 Å². The lowest BCUT2D eigenvalue weighted by atomic mass is 9.47. The Balaban J connectivity index is 1.72. The Morgan fingerprint density at radius 1 is 1.33 bits per heavy atom. The molecule has 0 aromatic heterocycles. The standard InChI is InChI=1S/C22H30O2/c1-4-21-13-14(3)20-17-9-7-16(23)12-15(17)6-8-18(20)19(21)10-11-22(21,24)5-2/h2,12,14,17-20,24H,4,6-11,13H2,1,3H3/t14-,17-,18-,19-,20+,21-,22-/m0/s1. The van der Waals surface area contributed by atoms with Crippen LogP contribution in [0.5, 0.6) is 0 Å². The summed E-state index contributed by atoms with van der Waals surface area (Å²) in [5.41, 5.74) is 0.423. The fraction of sp³-hybridized carbons (Fsp3) is 0.773. The Labute approximate surface area is 146 Å². The second-order valence-electron chi connectivity index (χ2n) is 8.95. The quantitative estimate of drug-likeness (QED) is 0.736. The van der Waals surface area contributed by atoms with Crippen molar-refractivity contribution in [2.24, 2.45) is 35.0 Å². The number of hydrogen-bond donors (Lipinski definition) is 1. The lowest BCUT2D eigenvalue weighted by molar-refractivity contribution is -0.124. The van der Waals surface area contributed by atoms with Gasteiger partial charge in [0.15, 0.2) is 5.78 Å². The van der Waals surface area contributed by atoms with Gasteiger partial charge < -0.3 is 5.11 Å². The summed E-state index contributed by atoms with van der Waals surface area (Å²) < 4.78 is 0. The van der Waals surface area contributed by atoms with E-state index in [0.29, 0.717) is 35.4 Å². The molecule has 1 N–H and O–H groups in total. The average Bonchev–Trinajstić information content (AvgIpc) is 2.88. The van der Waals surface area contributed by atoms with Crippen LogP contribution in [0.25, 0.3) is 0 Å². The molecular weight excluding hydrogens is 296 g/mol. The molecule has 7 atom stereocenters. The summed E-state index contributed by atoms with van der Waals surface area (Å²) >= 11 is 0. The molecule has 0 bridgehead atoms. The first-order valence-corrected chi connectivity index (χ1v) is 9.89. The number of aliphatic hydroxyl groups is 1. The molecule has 0 saturated heterocycles. The molecule has 2 nitrogen and oxygen atoms in total. The predicted octanol–water partition coefficient (Wildman–Crippen LogP) is 4.13. The van der Waals surface area contributed by atoms with Crippen LogP contribution in [0.4, 0.5) is 0 Å². The highest BCUT2D eigenvalue weighted by Gasteiger charge is 2.64. The second kappa shape index (κ2) is 5.46. The molecule has 24 heavy (non-hydrogen) atoms. The molecule has 0 aliphatic heterocycles. The summed E-state index contributed by atoms with van der Waals surface area (Å²) in [7, 11) is 0. The number of carbonyl (C=O) groups excluding carboxylic acids is 1. The van der Waals surface area contributed by atoms with Crippen molar-refractivity contribution in [3.8, 4) is 12.3 Å². The van der Waals surface area contributed by atoms with Gasteiger partial charge in [-0.05, 0) is 80.6 Å². The SMILES string of the molecule is C#C[C@]1(O)CC[C@H]2[C@@H]3CCC4=CC(=O)CC[C@@H]4[C@H]3[C@@H](C)C[C@@]21CC. The smallest absolute Gasteiger partial charge is 0.155 e. The van der Waals surface area contributed by atoms with Crippen LogP contribution in [-0.4, -0.2) is 16.5 Å². The highest BCUT2D eigenvalue weighted by Crippen LogP contribution is 2.67. The first-order valence-electron chi connectivity index (χ1n) is 9.89. The van der Waals surface area contributed by atoms with E-state index >= 15 is 0 Å². The number of terminal acetylenes is 1. The van der Waals surface area contributed by atoms with E-state index in [0.717, 1.165) is 44.9 Å². The van der Waals surface area contributed by atoms with Crippen LogP contribution >= 0.6 is 0 Å². The van der Waals surface area contributed by atoms with Crippen LogP contribution in [0.3, 0.4) is 0 Å². The molecule has 4 aliphatic carbocycles. The molecule has 0 heterocycles. The number of carbonyl (C=O) groups is 1. The summed E-state index contributed by atoms with van der Waals surface area (Å²) in [5, 5.41) is 11.2. The summed E-state index contributed by atoms with van der Waals surface area (Å²) in [6, 6.07) is 0. The molecular formula is C22H30O2. The molecule has 4 aliphatic rings. The third-order valence-corrected chi connectivity index (χ3v) is 8.33. The third kappa shape index (κ3) is 1.97. The molecule has 130 valence electrons. The van der Waals surface area contributed by atoms with Crippen molar-refractivity contribution in [2.75, 3.05) is 0 Å². The Morgan fingerprint density at radius 3 is 2.83 bits per heavy atom. The molecule has 4 rings (SSSR count). The van der Waals surface area contributed by atoms with E-state index in [4.69, 9.17) is 6.42 Å². The van der Waals surface area contributed by atoms with E-state index < -0.39 is 5.60 Å².